The van der Waals surface area contributed by atoms with Gasteiger partial charge >= 0.3 is 0 Å². The molecule has 1 aliphatic heterocycles. The van der Waals surface area contributed by atoms with Gasteiger partial charge in [-0.25, -0.2) is 0 Å². The molecule has 1 spiro atoms. The van der Waals surface area contributed by atoms with E-state index in [2.05, 4.69) is 34.3 Å². The molecule has 0 aromatic heterocycles. The minimum absolute atomic E-state index is 0.149. The lowest BCUT2D eigenvalue weighted by atomic mass is 9.71. The van der Waals surface area contributed by atoms with Gasteiger partial charge in [-0.2, -0.15) is 0 Å². The summed E-state index contributed by atoms with van der Waals surface area (Å²) in [5.74, 6) is 0.845. The van der Waals surface area contributed by atoms with Crippen molar-refractivity contribution >= 4 is 39.4 Å². The van der Waals surface area contributed by atoms with Crippen molar-refractivity contribution in [1.82, 2.24) is 0 Å². The third-order valence-electron chi connectivity index (χ3n) is 4.53. The standard InChI is InChI=1S/C18H15BrClNO/c19-13-3-6-17-16(9-13)21-10-18(11-22-17)7-1-2-12-8-14(20)4-5-15(12)18/h3-6,8-10H,1-2,7,11H2/t18-/m0/s1. The Hall–Kier alpha value is -1.32. The molecular weight excluding hydrogens is 362 g/mol. The van der Waals surface area contributed by atoms with Crippen LogP contribution in [-0.2, 0) is 11.8 Å². The minimum Gasteiger partial charge on any atom is -0.490 e. The van der Waals surface area contributed by atoms with Crippen molar-refractivity contribution in [3.8, 4) is 5.75 Å². The topological polar surface area (TPSA) is 21.6 Å². The maximum Gasteiger partial charge on any atom is 0.145 e. The highest BCUT2D eigenvalue weighted by Gasteiger charge is 2.37. The van der Waals surface area contributed by atoms with Crippen LogP contribution in [0.25, 0.3) is 0 Å². The first kappa shape index (κ1) is 14.3. The van der Waals surface area contributed by atoms with Gasteiger partial charge in [-0.15, -0.1) is 0 Å². The molecule has 4 heteroatoms. The summed E-state index contributed by atoms with van der Waals surface area (Å²) >= 11 is 9.65. The van der Waals surface area contributed by atoms with Gasteiger partial charge in [0.1, 0.15) is 18.0 Å². The summed E-state index contributed by atoms with van der Waals surface area (Å²) in [6.45, 7) is 0.625. The fourth-order valence-electron chi connectivity index (χ4n) is 3.42. The van der Waals surface area contributed by atoms with E-state index >= 15 is 0 Å². The molecule has 2 nitrogen and oxygen atoms in total. The molecule has 0 amide bonds. The number of benzene rings is 2. The lowest BCUT2D eigenvalue weighted by Crippen LogP contribution is -2.38. The van der Waals surface area contributed by atoms with Crippen molar-refractivity contribution in [1.29, 1.82) is 0 Å². The highest BCUT2D eigenvalue weighted by molar-refractivity contribution is 9.10. The third kappa shape index (κ3) is 2.37. The van der Waals surface area contributed by atoms with Crippen LogP contribution in [0.1, 0.15) is 24.0 Å². The number of rotatable bonds is 0. The summed E-state index contributed by atoms with van der Waals surface area (Å²) in [5, 5.41) is 0.800. The first-order chi connectivity index (χ1) is 10.7. The van der Waals surface area contributed by atoms with E-state index in [1.54, 1.807) is 0 Å². The van der Waals surface area contributed by atoms with Gasteiger partial charge in [0.25, 0.3) is 0 Å². The Kier molecular flexibility index (Phi) is 3.50. The predicted molar refractivity (Wildman–Crippen MR) is 93.9 cm³/mol. The molecule has 112 valence electrons. The second-order valence-corrected chi connectivity index (χ2v) is 7.32. The average Bonchev–Trinajstić information content (AvgIpc) is 2.68. The number of hydrogen-bond donors (Lipinski definition) is 0. The zero-order valence-electron chi connectivity index (χ0n) is 12.0. The molecule has 0 fully saturated rings. The molecule has 0 bridgehead atoms. The lowest BCUT2D eigenvalue weighted by molar-refractivity contribution is 0.249. The number of fused-ring (bicyclic) bond motifs is 3. The number of ether oxygens (including phenoxy) is 1. The van der Waals surface area contributed by atoms with Gasteiger partial charge in [-0.3, -0.25) is 4.99 Å². The third-order valence-corrected chi connectivity index (χ3v) is 5.26. The van der Waals surface area contributed by atoms with Crippen LogP contribution < -0.4 is 4.74 Å². The van der Waals surface area contributed by atoms with Crippen molar-refractivity contribution in [2.45, 2.75) is 24.7 Å². The monoisotopic (exact) mass is 375 g/mol. The number of hydrogen-bond acceptors (Lipinski definition) is 2. The smallest absolute Gasteiger partial charge is 0.145 e. The fourth-order valence-corrected chi connectivity index (χ4v) is 3.96. The molecule has 2 aliphatic rings. The van der Waals surface area contributed by atoms with Gasteiger partial charge in [-0.05, 0) is 60.7 Å². The van der Waals surface area contributed by atoms with Crippen molar-refractivity contribution in [2.75, 3.05) is 6.61 Å². The summed E-state index contributed by atoms with van der Waals surface area (Å²) in [6, 6.07) is 12.1. The molecule has 2 aromatic carbocycles. The van der Waals surface area contributed by atoms with Gasteiger partial charge in [0.2, 0.25) is 0 Å². The SMILES string of the molecule is Clc1ccc2c(c1)CCC[C@@]21C=Nc2cc(Br)ccc2OC1. The Morgan fingerprint density at radius 3 is 3.00 bits per heavy atom. The maximum atomic E-state index is 6.16. The van der Waals surface area contributed by atoms with E-state index in [4.69, 9.17) is 21.3 Å². The Bertz CT molecular complexity index is 774. The maximum absolute atomic E-state index is 6.16. The zero-order valence-corrected chi connectivity index (χ0v) is 14.3. The predicted octanol–water partition coefficient (Wildman–Crippen LogP) is 5.47. The summed E-state index contributed by atoms with van der Waals surface area (Å²) in [5.41, 5.74) is 3.36. The van der Waals surface area contributed by atoms with E-state index in [0.717, 1.165) is 40.2 Å². The molecule has 1 aliphatic carbocycles. The van der Waals surface area contributed by atoms with E-state index in [1.165, 1.54) is 11.1 Å². The second kappa shape index (κ2) is 5.39. The zero-order chi connectivity index (χ0) is 15.2. The second-order valence-electron chi connectivity index (χ2n) is 5.97. The van der Waals surface area contributed by atoms with E-state index < -0.39 is 0 Å². The van der Waals surface area contributed by atoms with Crippen LogP contribution in [0, 0.1) is 0 Å². The molecule has 0 N–H and O–H groups in total. The van der Waals surface area contributed by atoms with Crippen LogP contribution in [0.5, 0.6) is 5.75 Å². The first-order valence-electron chi connectivity index (χ1n) is 7.43. The number of aliphatic imine (C=N–C) groups is 1. The van der Waals surface area contributed by atoms with E-state index in [9.17, 15) is 0 Å². The molecule has 1 atom stereocenters. The molecule has 0 unspecified atom stereocenters. The molecule has 22 heavy (non-hydrogen) atoms. The Labute approximate surface area is 143 Å². The summed E-state index contributed by atoms with van der Waals surface area (Å²) in [7, 11) is 0. The van der Waals surface area contributed by atoms with Crippen molar-refractivity contribution < 1.29 is 4.74 Å². The van der Waals surface area contributed by atoms with Crippen LogP contribution >= 0.6 is 27.5 Å². The van der Waals surface area contributed by atoms with Gasteiger partial charge in [0, 0.05) is 15.7 Å². The molecule has 4 rings (SSSR count). The molecule has 0 saturated heterocycles. The summed E-state index contributed by atoms with van der Waals surface area (Å²) in [6.07, 6.45) is 5.34. The first-order valence-corrected chi connectivity index (χ1v) is 8.60. The number of nitrogens with zero attached hydrogens (tertiary/aromatic N) is 1. The van der Waals surface area contributed by atoms with Crippen molar-refractivity contribution in [2.24, 2.45) is 4.99 Å². The van der Waals surface area contributed by atoms with Gasteiger partial charge in [-0.1, -0.05) is 33.6 Å². The van der Waals surface area contributed by atoms with Crippen LogP contribution in [-0.4, -0.2) is 12.8 Å². The van der Waals surface area contributed by atoms with Crippen LogP contribution in [0.15, 0.2) is 45.9 Å². The van der Waals surface area contributed by atoms with Gasteiger partial charge in [0.15, 0.2) is 0 Å². The van der Waals surface area contributed by atoms with Crippen LogP contribution in [0.4, 0.5) is 5.69 Å². The lowest BCUT2D eigenvalue weighted by Gasteiger charge is -2.35. The number of aryl methyl sites for hydroxylation is 1. The quantitative estimate of drug-likeness (QED) is 0.597. The molecule has 0 saturated carbocycles. The highest BCUT2D eigenvalue weighted by Crippen LogP contribution is 2.42. The van der Waals surface area contributed by atoms with Gasteiger partial charge in [0.05, 0.1) is 5.41 Å². The molecule has 1 heterocycles. The van der Waals surface area contributed by atoms with Crippen molar-refractivity contribution in [3.63, 3.8) is 0 Å². The van der Waals surface area contributed by atoms with E-state index in [0.29, 0.717) is 6.61 Å². The normalized spacial score (nSPS) is 22.6. The Morgan fingerprint density at radius 2 is 2.09 bits per heavy atom. The van der Waals surface area contributed by atoms with Gasteiger partial charge < -0.3 is 4.74 Å². The average molecular weight is 377 g/mol. The largest absolute Gasteiger partial charge is 0.490 e. The van der Waals surface area contributed by atoms with Crippen LogP contribution in [0.2, 0.25) is 5.02 Å². The summed E-state index contributed by atoms with van der Waals surface area (Å²) < 4.78 is 7.12. The van der Waals surface area contributed by atoms with E-state index in [-0.39, 0.29) is 5.41 Å². The minimum atomic E-state index is -0.149. The van der Waals surface area contributed by atoms with Crippen molar-refractivity contribution in [3.05, 3.63) is 57.0 Å². The molecular formula is C18H15BrClNO. The Morgan fingerprint density at radius 1 is 1.18 bits per heavy atom. The molecule has 0 radical (unpaired) electrons. The fraction of sp³-hybridized carbons (Fsp3) is 0.278. The summed E-state index contributed by atoms with van der Waals surface area (Å²) in [4.78, 5) is 4.73. The highest BCUT2D eigenvalue weighted by atomic mass is 79.9. The van der Waals surface area contributed by atoms with E-state index in [1.807, 2.05) is 24.3 Å². The molecule has 2 aromatic rings. The Balaban J connectivity index is 1.80. The number of halogens is 2. The van der Waals surface area contributed by atoms with Crippen LogP contribution in [0.3, 0.4) is 0 Å².